The minimum absolute atomic E-state index is 0.144. The van der Waals surface area contributed by atoms with Crippen molar-refractivity contribution in [1.82, 2.24) is 9.88 Å². The highest BCUT2D eigenvalue weighted by molar-refractivity contribution is 6.35. The molecule has 1 aromatic carbocycles. The fourth-order valence-corrected chi connectivity index (χ4v) is 3.58. The standard InChI is InChI=1S/C19H20Cl2N4O2/c1-2-16(26)24-9-11-25(12-10-24)17-14(20)6-3-7-15(17)23-19(27)13-5-4-8-22-18(13)21/h3-8H,2,9-12H2,1H3,(H,23,27). The first-order chi connectivity index (χ1) is 13.0. The highest BCUT2D eigenvalue weighted by Gasteiger charge is 2.24. The molecular formula is C19H20Cl2N4O2. The summed E-state index contributed by atoms with van der Waals surface area (Å²) in [4.78, 5) is 32.4. The third-order valence-corrected chi connectivity index (χ3v) is 5.10. The number of para-hydroxylation sites is 1. The Morgan fingerprint density at radius 1 is 1.11 bits per heavy atom. The molecular weight excluding hydrogens is 387 g/mol. The minimum Gasteiger partial charge on any atom is -0.365 e. The molecule has 0 spiro atoms. The molecule has 0 radical (unpaired) electrons. The molecule has 1 saturated heterocycles. The molecule has 1 fully saturated rings. The summed E-state index contributed by atoms with van der Waals surface area (Å²) in [6.45, 7) is 4.40. The first-order valence-corrected chi connectivity index (χ1v) is 9.50. The number of nitrogens with zero attached hydrogens (tertiary/aromatic N) is 3. The van der Waals surface area contributed by atoms with Gasteiger partial charge in [0.25, 0.3) is 5.91 Å². The van der Waals surface area contributed by atoms with Crippen LogP contribution >= 0.6 is 23.2 Å². The number of carbonyl (C=O) groups is 2. The maximum atomic E-state index is 12.6. The second kappa shape index (κ2) is 8.59. The SMILES string of the molecule is CCC(=O)N1CCN(c2c(Cl)cccc2NC(=O)c2cccnc2Cl)CC1. The molecule has 1 aromatic heterocycles. The minimum atomic E-state index is -0.351. The average molecular weight is 407 g/mol. The second-order valence-electron chi connectivity index (χ2n) is 6.15. The van der Waals surface area contributed by atoms with Crippen LogP contribution in [0.25, 0.3) is 0 Å². The fraction of sp³-hybridized carbons (Fsp3) is 0.316. The van der Waals surface area contributed by atoms with E-state index in [1.54, 1.807) is 30.3 Å². The molecule has 0 aliphatic carbocycles. The van der Waals surface area contributed by atoms with Crippen LogP contribution in [0.1, 0.15) is 23.7 Å². The predicted molar refractivity (Wildman–Crippen MR) is 108 cm³/mol. The molecule has 1 aliphatic heterocycles. The second-order valence-corrected chi connectivity index (χ2v) is 6.92. The Kier molecular flexibility index (Phi) is 6.19. The van der Waals surface area contributed by atoms with Crippen molar-refractivity contribution in [3.8, 4) is 0 Å². The largest absolute Gasteiger partial charge is 0.365 e. The van der Waals surface area contributed by atoms with Gasteiger partial charge in [0.2, 0.25) is 5.91 Å². The van der Waals surface area contributed by atoms with Gasteiger partial charge in [-0.25, -0.2) is 4.98 Å². The van der Waals surface area contributed by atoms with E-state index >= 15 is 0 Å². The van der Waals surface area contributed by atoms with Crippen LogP contribution in [-0.2, 0) is 4.79 Å². The van der Waals surface area contributed by atoms with Gasteiger partial charge in [-0.3, -0.25) is 9.59 Å². The molecule has 0 bridgehead atoms. The Labute approximate surface area is 168 Å². The average Bonchev–Trinajstić information content (AvgIpc) is 2.68. The van der Waals surface area contributed by atoms with Crippen LogP contribution in [-0.4, -0.2) is 47.9 Å². The molecule has 8 heteroatoms. The molecule has 6 nitrogen and oxygen atoms in total. The maximum Gasteiger partial charge on any atom is 0.258 e. The van der Waals surface area contributed by atoms with Crippen LogP contribution in [0.15, 0.2) is 36.5 Å². The Morgan fingerprint density at radius 3 is 2.52 bits per heavy atom. The number of nitrogens with one attached hydrogen (secondary N) is 1. The highest BCUT2D eigenvalue weighted by atomic mass is 35.5. The summed E-state index contributed by atoms with van der Waals surface area (Å²) in [5, 5.41) is 3.57. The summed E-state index contributed by atoms with van der Waals surface area (Å²) in [5.74, 6) is -0.204. The van der Waals surface area contributed by atoms with Gasteiger partial charge in [0, 0.05) is 38.8 Å². The molecule has 0 unspecified atom stereocenters. The van der Waals surface area contributed by atoms with Crippen molar-refractivity contribution >= 4 is 46.4 Å². The van der Waals surface area contributed by atoms with Crippen LogP contribution in [0.4, 0.5) is 11.4 Å². The molecule has 0 atom stereocenters. The third-order valence-electron chi connectivity index (χ3n) is 4.49. The Morgan fingerprint density at radius 2 is 1.85 bits per heavy atom. The number of piperazine rings is 1. The topological polar surface area (TPSA) is 65.5 Å². The number of aromatic nitrogens is 1. The number of pyridine rings is 1. The fourth-order valence-electron chi connectivity index (χ4n) is 3.09. The number of benzene rings is 1. The number of carbonyl (C=O) groups excluding carboxylic acids is 2. The van der Waals surface area contributed by atoms with Crippen molar-refractivity contribution in [2.24, 2.45) is 0 Å². The lowest BCUT2D eigenvalue weighted by Gasteiger charge is -2.37. The van der Waals surface area contributed by atoms with Gasteiger partial charge in [0.1, 0.15) is 5.15 Å². The summed E-state index contributed by atoms with van der Waals surface area (Å²) in [5.41, 5.74) is 1.64. The van der Waals surface area contributed by atoms with E-state index in [0.717, 1.165) is 5.69 Å². The van der Waals surface area contributed by atoms with E-state index in [0.29, 0.717) is 48.9 Å². The number of hydrogen-bond acceptors (Lipinski definition) is 4. The van der Waals surface area contributed by atoms with Gasteiger partial charge in [-0.05, 0) is 24.3 Å². The molecule has 1 aliphatic rings. The van der Waals surface area contributed by atoms with Crippen molar-refractivity contribution in [3.05, 3.63) is 52.3 Å². The lowest BCUT2D eigenvalue weighted by atomic mass is 10.2. The number of hydrogen-bond donors (Lipinski definition) is 1. The summed E-state index contributed by atoms with van der Waals surface area (Å²) in [7, 11) is 0. The van der Waals surface area contributed by atoms with Gasteiger partial charge in [-0.1, -0.05) is 36.2 Å². The zero-order valence-electron chi connectivity index (χ0n) is 14.9. The summed E-state index contributed by atoms with van der Waals surface area (Å²) < 4.78 is 0. The van der Waals surface area contributed by atoms with Gasteiger partial charge in [0.15, 0.2) is 0 Å². The zero-order valence-corrected chi connectivity index (χ0v) is 16.4. The van der Waals surface area contributed by atoms with Crippen molar-refractivity contribution in [3.63, 3.8) is 0 Å². The van der Waals surface area contributed by atoms with E-state index < -0.39 is 0 Å². The Hall–Kier alpha value is -2.31. The van der Waals surface area contributed by atoms with E-state index in [9.17, 15) is 9.59 Å². The lowest BCUT2D eigenvalue weighted by Crippen LogP contribution is -2.48. The van der Waals surface area contributed by atoms with E-state index in [4.69, 9.17) is 23.2 Å². The van der Waals surface area contributed by atoms with E-state index in [1.165, 1.54) is 6.20 Å². The third kappa shape index (κ3) is 4.34. The normalized spacial score (nSPS) is 14.2. The summed E-state index contributed by atoms with van der Waals surface area (Å²) >= 11 is 12.5. The quantitative estimate of drug-likeness (QED) is 0.785. The first kappa shape index (κ1) is 19.5. The van der Waals surface area contributed by atoms with Crippen molar-refractivity contribution in [2.45, 2.75) is 13.3 Å². The molecule has 142 valence electrons. The van der Waals surface area contributed by atoms with Crippen molar-refractivity contribution in [2.75, 3.05) is 36.4 Å². The van der Waals surface area contributed by atoms with E-state index in [2.05, 4.69) is 15.2 Å². The molecule has 0 saturated carbocycles. The highest BCUT2D eigenvalue weighted by Crippen LogP contribution is 2.35. The summed E-state index contributed by atoms with van der Waals surface area (Å²) in [6, 6.07) is 8.64. The monoisotopic (exact) mass is 406 g/mol. The number of halogens is 2. The zero-order chi connectivity index (χ0) is 19.4. The van der Waals surface area contributed by atoms with Crippen LogP contribution in [0.2, 0.25) is 10.2 Å². The number of anilines is 2. The van der Waals surface area contributed by atoms with Crippen LogP contribution in [0, 0.1) is 0 Å². The van der Waals surface area contributed by atoms with Gasteiger partial charge < -0.3 is 15.1 Å². The Balaban J connectivity index is 1.81. The van der Waals surface area contributed by atoms with Crippen LogP contribution < -0.4 is 10.2 Å². The van der Waals surface area contributed by atoms with Crippen molar-refractivity contribution < 1.29 is 9.59 Å². The van der Waals surface area contributed by atoms with Crippen LogP contribution in [0.3, 0.4) is 0 Å². The van der Waals surface area contributed by atoms with Gasteiger partial charge >= 0.3 is 0 Å². The maximum absolute atomic E-state index is 12.6. The molecule has 1 N–H and O–H groups in total. The molecule has 2 heterocycles. The molecule has 27 heavy (non-hydrogen) atoms. The van der Waals surface area contributed by atoms with Crippen LogP contribution in [0.5, 0.6) is 0 Å². The predicted octanol–water partition coefficient (Wildman–Crippen LogP) is 3.70. The first-order valence-electron chi connectivity index (χ1n) is 8.74. The summed E-state index contributed by atoms with van der Waals surface area (Å²) in [6.07, 6.45) is 2.03. The van der Waals surface area contributed by atoms with Gasteiger partial charge in [-0.2, -0.15) is 0 Å². The molecule has 2 aromatic rings. The molecule has 3 rings (SSSR count). The van der Waals surface area contributed by atoms with E-state index in [-0.39, 0.29) is 17.0 Å². The van der Waals surface area contributed by atoms with Gasteiger partial charge in [0.05, 0.1) is 22.0 Å². The van der Waals surface area contributed by atoms with Gasteiger partial charge in [-0.15, -0.1) is 0 Å². The molecule has 2 amide bonds. The number of rotatable bonds is 4. The Bertz CT molecular complexity index is 851. The smallest absolute Gasteiger partial charge is 0.258 e. The number of amides is 2. The van der Waals surface area contributed by atoms with Crippen molar-refractivity contribution in [1.29, 1.82) is 0 Å². The van der Waals surface area contributed by atoms with E-state index in [1.807, 2.05) is 11.8 Å². The lowest BCUT2D eigenvalue weighted by molar-refractivity contribution is -0.131.